The van der Waals surface area contributed by atoms with Gasteiger partial charge < -0.3 is 9.84 Å². The van der Waals surface area contributed by atoms with Crippen LogP contribution in [0.5, 0.6) is 0 Å². The van der Waals surface area contributed by atoms with Crippen molar-refractivity contribution in [2.75, 3.05) is 12.9 Å². The first-order chi connectivity index (χ1) is 15.8. The molecule has 0 radical (unpaired) electrons. The van der Waals surface area contributed by atoms with Crippen LogP contribution in [0.2, 0.25) is 0 Å². The summed E-state index contributed by atoms with van der Waals surface area (Å²) >= 11 is 1.71. The fourth-order valence-corrected chi connectivity index (χ4v) is 7.31. The van der Waals surface area contributed by atoms with Crippen LogP contribution in [0.1, 0.15) is 86.8 Å². The lowest BCUT2D eigenvalue weighted by atomic mass is 9.61. The Kier molecular flexibility index (Phi) is 13.1. The van der Waals surface area contributed by atoms with E-state index in [1.54, 1.807) is 11.8 Å². The molecule has 1 aromatic rings. The molecular weight excluding hydrogens is 512 g/mol. The molecule has 1 aromatic carbocycles. The first-order valence-corrected chi connectivity index (χ1v) is 13.2. The molecule has 3 aliphatic carbocycles. The molecule has 0 aromatic heterocycles. The summed E-state index contributed by atoms with van der Waals surface area (Å²) in [6.07, 6.45) is 9.23. The monoisotopic (exact) mass is 562 g/mol. The maximum atomic E-state index is 12.9. The lowest BCUT2D eigenvalue weighted by Crippen LogP contribution is -2.53. The zero-order chi connectivity index (χ0) is 23.4. The maximum absolute atomic E-state index is 12.9. The molecule has 214 valence electrons. The molecular formula is C32H50O4S2. The van der Waals surface area contributed by atoms with Gasteiger partial charge in [-0.25, -0.2) is 0 Å². The number of thioether (sulfide) groups is 1. The Hall–Kier alpha value is -1.60. The number of fused-ring (bicyclic) bond motifs is 4. The zero-order valence-corrected chi connectivity index (χ0v) is 21.7. The van der Waals surface area contributed by atoms with Crippen LogP contribution in [0.25, 0.3) is 0 Å². The van der Waals surface area contributed by atoms with Gasteiger partial charge >= 0.3 is 0 Å². The molecule has 6 heteroatoms. The molecule has 1 aliphatic heterocycles. The summed E-state index contributed by atoms with van der Waals surface area (Å²) in [5, 5.41) is 11.6. The number of allylic oxidation sites excluding steroid dienone is 3. The van der Waals surface area contributed by atoms with Crippen molar-refractivity contribution in [3.8, 4) is 0 Å². The molecule has 0 amide bonds. The van der Waals surface area contributed by atoms with E-state index in [9.17, 15) is 14.7 Å². The SMILES string of the molecule is C.C.C.C.C=CC(=O)[C@]1(O)CCC2C3CCC4=CC(=O)CCC4=C3[C@@H](c3ccc(SC)cc3)OC[C@@]21C.S. The van der Waals surface area contributed by atoms with Crippen molar-refractivity contribution in [1.29, 1.82) is 0 Å². The quantitative estimate of drug-likeness (QED) is 0.297. The number of ketones is 2. The van der Waals surface area contributed by atoms with Crippen LogP contribution in [0.4, 0.5) is 0 Å². The fraction of sp³-hybridized carbons (Fsp3) is 0.562. The first-order valence-electron chi connectivity index (χ1n) is 11.9. The molecule has 4 aliphatic rings. The third-order valence-electron chi connectivity index (χ3n) is 8.73. The van der Waals surface area contributed by atoms with E-state index >= 15 is 0 Å². The third kappa shape index (κ3) is 5.52. The van der Waals surface area contributed by atoms with Crippen molar-refractivity contribution < 1.29 is 19.4 Å². The van der Waals surface area contributed by atoms with Crippen molar-refractivity contribution in [3.05, 3.63) is 65.3 Å². The molecule has 0 bridgehead atoms. The Bertz CT molecular complexity index is 1070. The van der Waals surface area contributed by atoms with Gasteiger partial charge in [0.15, 0.2) is 11.6 Å². The van der Waals surface area contributed by atoms with E-state index in [1.165, 1.54) is 22.1 Å². The standard InChI is InChI=1S/C28H32O4S.4CH4.H2S/c1-4-24(30)28(31)14-13-23-22-11-7-18-15-19(29)8-12-21(18)25(22)26(32-16-27(23,28)2)17-5-9-20(33-3)10-6-17;;;;;/h4-6,9-10,15,22-23,26,31H,1,7-8,11-14,16H2,2-3H3;4*1H4;1H2/t22?,23?,26-,27+,28-;;;;;/m1...../s1. The van der Waals surface area contributed by atoms with Crippen molar-refractivity contribution in [2.24, 2.45) is 17.3 Å². The first kappa shape index (κ1) is 36.4. The van der Waals surface area contributed by atoms with E-state index in [0.717, 1.165) is 36.8 Å². The zero-order valence-electron chi connectivity index (χ0n) is 19.9. The lowest BCUT2D eigenvalue weighted by Gasteiger charge is -2.43. The van der Waals surface area contributed by atoms with E-state index in [1.807, 2.05) is 13.0 Å². The van der Waals surface area contributed by atoms with E-state index in [0.29, 0.717) is 19.4 Å². The number of ether oxygens (including phenoxy) is 1. The third-order valence-corrected chi connectivity index (χ3v) is 9.47. The van der Waals surface area contributed by atoms with Gasteiger partial charge in [-0.3, -0.25) is 9.59 Å². The molecule has 0 spiro atoms. The van der Waals surface area contributed by atoms with Crippen LogP contribution < -0.4 is 0 Å². The highest BCUT2D eigenvalue weighted by atomic mass is 32.2. The van der Waals surface area contributed by atoms with E-state index in [2.05, 4.69) is 37.1 Å². The Labute approximate surface area is 242 Å². The van der Waals surface area contributed by atoms with Crippen LogP contribution in [-0.2, 0) is 14.3 Å². The van der Waals surface area contributed by atoms with Gasteiger partial charge in [0.2, 0.25) is 0 Å². The lowest BCUT2D eigenvalue weighted by molar-refractivity contribution is -0.154. The Balaban J connectivity index is 0.00000274. The van der Waals surface area contributed by atoms with Gasteiger partial charge in [-0.1, -0.05) is 55.3 Å². The molecule has 2 unspecified atom stereocenters. The van der Waals surface area contributed by atoms with Crippen LogP contribution in [-0.4, -0.2) is 35.1 Å². The van der Waals surface area contributed by atoms with Gasteiger partial charge in [0.25, 0.3) is 0 Å². The minimum absolute atomic E-state index is 0. The highest BCUT2D eigenvalue weighted by molar-refractivity contribution is 7.98. The molecule has 1 N–H and O–H groups in total. The van der Waals surface area contributed by atoms with Crippen molar-refractivity contribution in [1.82, 2.24) is 0 Å². The number of hydrogen-bond acceptors (Lipinski definition) is 5. The Morgan fingerprint density at radius 1 is 1.11 bits per heavy atom. The topological polar surface area (TPSA) is 63.6 Å². The van der Waals surface area contributed by atoms with Gasteiger partial charge in [0, 0.05) is 16.7 Å². The normalized spacial score (nSPS) is 31.1. The Morgan fingerprint density at radius 2 is 1.76 bits per heavy atom. The fourth-order valence-electron chi connectivity index (χ4n) is 6.90. The van der Waals surface area contributed by atoms with Crippen molar-refractivity contribution in [2.45, 2.75) is 91.8 Å². The van der Waals surface area contributed by atoms with E-state index in [-0.39, 0.29) is 72.7 Å². The maximum Gasteiger partial charge on any atom is 0.187 e. The summed E-state index contributed by atoms with van der Waals surface area (Å²) in [6.45, 7) is 6.01. The Morgan fingerprint density at radius 3 is 2.37 bits per heavy atom. The minimum atomic E-state index is -1.45. The van der Waals surface area contributed by atoms with Gasteiger partial charge in [-0.05, 0) is 96.8 Å². The second kappa shape index (κ2) is 13.6. The number of rotatable bonds is 4. The van der Waals surface area contributed by atoms with Gasteiger partial charge in [0.1, 0.15) is 11.7 Å². The van der Waals surface area contributed by atoms with Crippen LogP contribution in [0, 0.1) is 17.3 Å². The molecule has 2 fully saturated rings. The minimum Gasteiger partial charge on any atom is -0.381 e. The van der Waals surface area contributed by atoms with Crippen molar-refractivity contribution in [3.63, 3.8) is 0 Å². The van der Waals surface area contributed by atoms with Gasteiger partial charge in [-0.15, -0.1) is 11.8 Å². The molecule has 5 rings (SSSR count). The summed E-state index contributed by atoms with van der Waals surface area (Å²) in [4.78, 5) is 26.3. The number of benzene rings is 1. The molecule has 38 heavy (non-hydrogen) atoms. The summed E-state index contributed by atoms with van der Waals surface area (Å²) in [6, 6.07) is 8.52. The second-order valence-electron chi connectivity index (χ2n) is 10.2. The predicted molar refractivity (Wildman–Crippen MR) is 167 cm³/mol. The summed E-state index contributed by atoms with van der Waals surface area (Å²) in [7, 11) is 0. The number of carbonyl (C=O) groups is 2. The number of carbonyl (C=O) groups excluding carboxylic acids is 2. The average Bonchev–Trinajstić information content (AvgIpc) is 3.01. The highest BCUT2D eigenvalue weighted by Gasteiger charge is 2.63. The average molecular weight is 563 g/mol. The second-order valence-corrected chi connectivity index (χ2v) is 11.1. The summed E-state index contributed by atoms with van der Waals surface area (Å²) in [5.41, 5.74) is 2.67. The van der Waals surface area contributed by atoms with Crippen LogP contribution in [0.15, 0.2) is 64.6 Å². The van der Waals surface area contributed by atoms with Crippen LogP contribution >= 0.6 is 25.3 Å². The molecule has 5 atom stereocenters. The van der Waals surface area contributed by atoms with Crippen molar-refractivity contribution >= 4 is 36.8 Å². The summed E-state index contributed by atoms with van der Waals surface area (Å²) in [5.74, 6) is 0.269. The number of aliphatic hydroxyl groups is 1. The summed E-state index contributed by atoms with van der Waals surface area (Å²) < 4.78 is 6.69. The van der Waals surface area contributed by atoms with Gasteiger partial charge in [0.05, 0.1) is 6.61 Å². The number of hydrogen-bond donors (Lipinski definition) is 1. The van der Waals surface area contributed by atoms with Gasteiger partial charge in [-0.2, -0.15) is 13.5 Å². The largest absolute Gasteiger partial charge is 0.381 e. The highest BCUT2D eigenvalue weighted by Crippen LogP contribution is 2.62. The predicted octanol–water partition coefficient (Wildman–Crippen LogP) is 8.04. The van der Waals surface area contributed by atoms with E-state index in [4.69, 9.17) is 4.74 Å². The molecule has 4 nitrogen and oxygen atoms in total. The molecule has 1 saturated carbocycles. The molecule has 1 heterocycles. The smallest absolute Gasteiger partial charge is 0.187 e. The van der Waals surface area contributed by atoms with E-state index < -0.39 is 11.0 Å². The molecule has 1 saturated heterocycles. The van der Waals surface area contributed by atoms with Crippen LogP contribution in [0.3, 0.4) is 0 Å².